The van der Waals surface area contributed by atoms with Gasteiger partial charge in [-0.2, -0.15) is 5.10 Å². The van der Waals surface area contributed by atoms with Crippen LogP contribution >= 0.6 is 11.6 Å². The molecule has 2 nitrogen and oxygen atoms in total. The van der Waals surface area contributed by atoms with E-state index in [0.29, 0.717) is 5.92 Å². The van der Waals surface area contributed by atoms with Crippen LogP contribution in [0.4, 0.5) is 0 Å². The summed E-state index contributed by atoms with van der Waals surface area (Å²) in [4.78, 5) is 0. The predicted molar refractivity (Wildman–Crippen MR) is 82.4 cm³/mol. The number of H-pyrrole nitrogens is 1. The van der Waals surface area contributed by atoms with Gasteiger partial charge in [0.25, 0.3) is 0 Å². The zero-order valence-electron chi connectivity index (χ0n) is 12.0. The summed E-state index contributed by atoms with van der Waals surface area (Å²) in [6.07, 6.45) is 11.1. The van der Waals surface area contributed by atoms with Crippen LogP contribution in [0.3, 0.4) is 0 Å². The number of nitrogens with zero attached hydrogens (tertiary/aromatic N) is 1. The van der Waals surface area contributed by atoms with Gasteiger partial charge in [-0.25, -0.2) is 0 Å². The van der Waals surface area contributed by atoms with E-state index in [0.717, 1.165) is 27.9 Å². The topological polar surface area (TPSA) is 28.7 Å². The van der Waals surface area contributed by atoms with Gasteiger partial charge in [-0.15, -0.1) is 0 Å². The van der Waals surface area contributed by atoms with E-state index in [2.05, 4.69) is 29.3 Å². The second-order valence-corrected chi connectivity index (χ2v) is 5.88. The van der Waals surface area contributed by atoms with E-state index in [1.54, 1.807) is 0 Å². The molecule has 0 radical (unpaired) electrons. The average Bonchev–Trinajstić information content (AvgIpc) is 2.79. The summed E-state index contributed by atoms with van der Waals surface area (Å²) in [5.41, 5.74) is 3.10. The Morgan fingerprint density at radius 3 is 2.53 bits per heavy atom. The lowest BCUT2D eigenvalue weighted by Gasteiger charge is -2.25. The Labute approximate surface area is 120 Å². The first-order valence-corrected chi connectivity index (χ1v) is 7.58. The molecule has 0 bridgehead atoms. The van der Waals surface area contributed by atoms with Gasteiger partial charge in [0.15, 0.2) is 0 Å². The SMILES string of the molecule is C/C=C\C(=C/C)c1n[nH]c(C2CCC(C)CC2)c1Cl. The molecule has 3 heteroatoms. The van der Waals surface area contributed by atoms with E-state index in [9.17, 15) is 0 Å². The van der Waals surface area contributed by atoms with Crippen molar-refractivity contribution in [2.45, 2.75) is 52.4 Å². The number of hydrogen-bond donors (Lipinski definition) is 1. The minimum Gasteiger partial charge on any atom is -0.280 e. The van der Waals surface area contributed by atoms with Crippen LogP contribution in [0.1, 0.15) is 63.8 Å². The van der Waals surface area contributed by atoms with Crippen molar-refractivity contribution in [3.8, 4) is 0 Å². The molecule has 1 aliphatic carbocycles. The molecule has 0 aliphatic heterocycles. The van der Waals surface area contributed by atoms with Crippen molar-refractivity contribution >= 4 is 17.2 Å². The fourth-order valence-electron chi connectivity index (χ4n) is 2.84. The zero-order chi connectivity index (χ0) is 13.8. The molecule has 1 aromatic rings. The molecule has 0 unspecified atom stereocenters. The number of hydrogen-bond acceptors (Lipinski definition) is 1. The molecule has 1 aromatic heterocycles. The van der Waals surface area contributed by atoms with Crippen molar-refractivity contribution in [3.63, 3.8) is 0 Å². The maximum Gasteiger partial charge on any atom is 0.111 e. The fourth-order valence-corrected chi connectivity index (χ4v) is 3.19. The molecule has 0 atom stereocenters. The van der Waals surface area contributed by atoms with Crippen molar-refractivity contribution in [1.29, 1.82) is 0 Å². The molecule has 1 saturated carbocycles. The molecule has 0 spiro atoms. The standard InChI is InChI=1S/C16H23ClN2/c1-4-6-12(5-2)15-14(17)16(19-18-15)13-9-7-11(3)8-10-13/h4-6,11,13H,7-10H2,1-3H3,(H,18,19)/b6-4-,12-5+. The first-order valence-electron chi connectivity index (χ1n) is 7.20. The third-order valence-corrected chi connectivity index (χ3v) is 4.47. The third kappa shape index (κ3) is 3.11. The molecule has 1 fully saturated rings. The third-order valence-electron chi connectivity index (χ3n) is 4.09. The van der Waals surface area contributed by atoms with Gasteiger partial charge in [0, 0.05) is 5.92 Å². The normalized spacial score (nSPS) is 25.2. The highest BCUT2D eigenvalue weighted by Crippen LogP contribution is 2.39. The molecule has 1 heterocycles. The van der Waals surface area contributed by atoms with Crippen LogP contribution in [0.5, 0.6) is 0 Å². The first-order chi connectivity index (χ1) is 9.17. The Morgan fingerprint density at radius 1 is 1.26 bits per heavy atom. The highest BCUT2D eigenvalue weighted by molar-refractivity contribution is 6.33. The Hall–Kier alpha value is -1.02. The molecular weight excluding hydrogens is 256 g/mol. The van der Waals surface area contributed by atoms with E-state index >= 15 is 0 Å². The van der Waals surface area contributed by atoms with Crippen LogP contribution in [0.15, 0.2) is 18.2 Å². The molecule has 0 saturated heterocycles. The maximum atomic E-state index is 6.53. The number of aromatic nitrogens is 2. The van der Waals surface area contributed by atoms with Crippen LogP contribution in [0.25, 0.3) is 5.57 Å². The van der Waals surface area contributed by atoms with Gasteiger partial charge in [0.05, 0.1) is 10.7 Å². The van der Waals surface area contributed by atoms with E-state index in [1.807, 2.05) is 19.9 Å². The lowest BCUT2D eigenvalue weighted by atomic mass is 9.81. The Bertz CT molecular complexity index is 477. The van der Waals surface area contributed by atoms with E-state index in [-0.39, 0.29) is 0 Å². The number of aromatic amines is 1. The van der Waals surface area contributed by atoms with Crippen LogP contribution in [0, 0.1) is 5.92 Å². The van der Waals surface area contributed by atoms with E-state index in [1.165, 1.54) is 25.7 Å². The van der Waals surface area contributed by atoms with Crippen molar-refractivity contribution < 1.29 is 0 Å². The Kier molecular flexibility index (Phi) is 4.87. The number of allylic oxidation sites excluding steroid dienone is 4. The number of halogens is 1. The maximum absolute atomic E-state index is 6.53. The monoisotopic (exact) mass is 278 g/mol. The first kappa shape index (κ1) is 14.4. The van der Waals surface area contributed by atoms with Crippen molar-refractivity contribution in [3.05, 3.63) is 34.6 Å². The summed E-state index contributed by atoms with van der Waals surface area (Å²) < 4.78 is 0. The second-order valence-electron chi connectivity index (χ2n) is 5.50. The lowest BCUT2D eigenvalue weighted by molar-refractivity contribution is 0.344. The summed E-state index contributed by atoms with van der Waals surface area (Å²) in [7, 11) is 0. The average molecular weight is 279 g/mol. The van der Waals surface area contributed by atoms with Crippen LogP contribution < -0.4 is 0 Å². The minimum absolute atomic E-state index is 0.550. The summed E-state index contributed by atoms with van der Waals surface area (Å²) >= 11 is 6.53. The Morgan fingerprint density at radius 2 is 1.95 bits per heavy atom. The molecule has 104 valence electrons. The molecule has 0 amide bonds. The van der Waals surface area contributed by atoms with Gasteiger partial charge in [-0.1, -0.05) is 49.6 Å². The van der Waals surface area contributed by atoms with Crippen molar-refractivity contribution in [2.75, 3.05) is 0 Å². The quantitative estimate of drug-likeness (QED) is 0.743. The molecule has 1 N–H and O–H groups in total. The van der Waals surface area contributed by atoms with Crippen LogP contribution in [0.2, 0.25) is 5.02 Å². The summed E-state index contributed by atoms with van der Waals surface area (Å²) in [6.45, 7) is 6.36. The van der Waals surface area contributed by atoms with Crippen LogP contribution in [-0.2, 0) is 0 Å². The van der Waals surface area contributed by atoms with Gasteiger partial charge >= 0.3 is 0 Å². The summed E-state index contributed by atoms with van der Waals surface area (Å²) in [5, 5.41) is 8.41. The number of nitrogens with one attached hydrogen (secondary N) is 1. The smallest absolute Gasteiger partial charge is 0.111 e. The zero-order valence-corrected chi connectivity index (χ0v) is 12.8. The van der Waals surface area contributed by atoms with E-state index in [4.69, 9.17) is 11.6 Å². The second kappa shape index (κ2) is 6.42. The lowest BCUT2D eigenvalue weighted by Crippen LogP contribution is -2.11. The molecule has 19 heavy (non-hydrogen) atoms. The molecule has 2 rings (SSSR count). The van der Waals surface area contributed by atoms with Gasteiger partial charge in [-0.05, 0) is 38.2 Å². The Balaban J connectivity index is 2.23. The molecular formula is C16H23ClN2. The summed E-state index contributed by atoms with van der Waals surface area (Å²) in [5.74, 6) is 1.40. The highest BCUT2D eigenvalue weighted by atomic mass is 35.5. The highest BCUT2D eigenvalue weighted by Gasteiger charge is 2.25. The van der Waals surface area contributed by atoms with E-state index < -0.39 is 0 Å². The number of rotatable bonds is 3. The van der Waals surface area contributed by atoms with Gasteiger partial charge in [-0.3, -0.25) is 5.10 Å². The van der Waals surface area contributed by atoms with Crippen LogP contribution in [-0.4, -0.2) is 10.2 Å². The van der Waals surface area contributed by atoms with Gasteiger partial charge in [0.1, 0.15) is 5.69 Å². The molecule has 1 aliphatic rings. The fraction of sp³-hybridized carbons (Fsp3) is 0.562. The van der Waals surface area contributed by atoms with Gasteiger partial charge < -0.3 is 0 Å². The summed E-state index contributed by atoms with van der Waals surface area (Å²) in [6, 6.07) is 0. The molecule has 0 aromatic carbocycles. The largest absolute Gasteiger partial charge is 0.280 e. The van der Waals surface area contributed by atoms with Gasteiger partial charge in [0.2, 0.25) is 0 Å². The van der Waals surface area contributed by atoms with Crippen molar-refractivity contribution in [1.82, 2.24) is 10.2 Å². The predicted octanol–water partition coefficient (Wildman–Crippen LogP) is 5.34. The minimum atomic E-state index is 0.550. The van der Waals surface area contributed by atoms with Crippen molar-refractivity contribution in [2.24, 2.45) is 5.92 Å².